The van der Waals surface area contributed by atoms with Gasteiger partial charge in [0, 0.05) is 7.05 Å². The molecule has 0 saturated carbocycles. The first kappa shape index (κ1) is 8.91. The van der Waals surface area contributed by atoms with E-state index in [2.05, 4.69) is 34.7 Å². The fourth-order valence-corrected chi connectivity index (χ4v) is 2.27. The Hall–Kier alpha value is -0.180. The second-order valence-electron chi connectivity index (χ2n) is 3.14. The molecule has 3 heteroatoms. The minimum absolute atomic E-state index is 0.168. The maximum Gasteiger partial charge on any atom is 0.184 e. The molecule has 0 fully saturated rings. The van der Waals surface area contributed by atoms with Crippen molar-refractivity contribution in [2.45, 2.75) is 27.0 Å². The van der Waals surface area contributed by atoms with Crippen LogP contribution in [0.15, 0.2) is 10.4 Å². The topological polar surface area (TPSA) is 12.5 Å². The smallest absolute Gasteiger partial charge is 0.184 e. The van der Waals surface area contributed by atoms with Crippen LogP contribution in [-0.2, 0) is 4.74 Å². The summed E-state index contributed by atoms with van der Waals surface area (Å²) in [5, 5.41) is 0. The minimum Gasteiger partial charge on any atom is -0.462 e. The second-order valence-corrected chi connectivity index (χ2v) is 3.86. The van der Waals surface area contributed by atoms with Crippen molar-refractivity contribution in [3.63, 3.8) is 0 Å². The molecule has 64 valence electrons. The first-order chi connectivity index (χ1) is 5.04. The largest absolute Gasteiger partial charge is 0.462 e. The first-order valence-electron chi connectivity index (χ1n) is 3.83. The lowest BCUT2D eigenvalue weighted by Crippen LogP contribution is -2.25. The number of nitrogens with zero attached hydrogens (tertiary/aromatic N) is 1. The van der Waals surface area contributed by atoms with E-state index in [0.717, 1.165) is 4.67 Å². The Labute approximate surface area is 76.3 Å². The highest BCUT2D eigenvalue weighted by atomic mass is 79.9. The third kappa shape index (κ3) is 1.53. The van der Waals surface area contributed by atoms with Crippen LogP contribution in [0.4, 0.5) is 0 Å². The van der Waals surface area contributed by atoms with E-state index in [-0.39, 0.29) is 6.23 Å². The standard InChI is InChI=1S/C8H14BrNO/c1-5(2)7-8(9)11-6(3)10(7)4/h5-6H,1-4H3. The molecule has 11 heavy (non-hydrogen) atoms. The Kier molecular flexibility index (Phi) is 2.47. The van der Waals surface area contributed by atoms with Gasteiger partial charge >= 0.3 is 0 Å². The summed E-state index contributed by atoms with van der Waals surface area (Å²) < 4.78 is 6.36. The summed E-state index contributed by atoms with van der Waals surface area (Å²) in [5.74, 6) is 0.513. The molecule has 1 atom stereocenters. The third-order valence-corrected chi connectivity index (χ3v) is 2.54. The van der Waals surface area contributed by atoms with E-state index in [9.17, 15) is 0 Å². The summed E-state index contributed by atoms with van der Waals surface area (Å²) in [4.78, 5) is 2.15. The van der Waals surface area contributed by atoms with Gasteiger partial charge in [-0.2, -0.15) is 0 Å². The number of rotatable bonds is 1. The van der Waals surface area contributed by atoms with Crippen molar-refractivity contribution in [2.75, 3.05) is 7.05 Å². The minimum atomic E-state index is 0.168. The van der Waals surface area contributed by atoms with Gasteiger partial charge in [0.2, 0.25) is 0 Å². The second kappa shape index (κ2) is 3.05. The molecule has 0 radical (unpaired) electrons. The van der Waals surface area contributed by atoms with E-state index in [1.807, 2.05) is 14.0 Å². The van der Waals surface area contributed by atoms with Gasteiger partial charge in [-0.1, -0.05) is 13.8 Å². The predicted octanol–water partition coefficient (Wildman–Crippen LogP) is 2.51. The third-order valence-electron chi connectivity index (χ3n) is 1.95. The average molecular weight is 220 g/mol. The summed E-state index contributed by atoms with van der Waals surface area (Å²) in [6.07, 6.45) is 0.168. The molecule has 0 saturated heterocycles. The summed E-state index contributed by atoms with van der Waals surface area (Å²) in [5.41, 5.74) is 1.25. The van der Waals surface area contributed by atoms with Crippen LogP contribution >= 0.6 is 15.9 Å². The van der Waals surface area contributed by atoms with E-state index in [4.69, 9.17) is 4.74 Å². The molecule has 1 rings (SSSR count). The summed E-state index contributed by atoms with van der Waals surface area (Å²) in [6, 6.07) is 0. The highest BCUT2D eigenvalue weighted by molar-refractivity contribution is 9.11. The van der Waals surface area contributed by atoms with Crippen molar-refractivity contribution >= 4 is 15.9 Å². The molecule has 0 aromatic carbocycles. The fraction of sp³-hybridized carbons (Fsp3) is 0.750. The summed E-state index contributed by atoms with van der Waals surface area (Å²) in [6.45, 7) is 6.36. The van der Waals surface area contributed by atoms with E-state index in [1.54, 1.807) is 0 Å². The fourth-order valence-electron chi connectivity index (χ4n) is 1.26. The number of halogens is 1. The molecular weight excluding hydrogens is 206 g/mol. The number of ether oxygens (including phenoxy) is 1. The van der Waals surface area contributed by atoms with Crippen molar-refractivity contribution in [3.05, 3.63) is 10.4 Å². The van der Waals surface area contributed by atoms with Crippen molar-refractivity contribution in [1.82, 2.24) is 4.90 Å². The molecule has 1 unspecified atom stereocenters. The first-order valence-corrected chi connectivity index (χ1v) is 4.62. The average Bonchev–Trinajstić information content (AvgIpc) is 2.07. The van der Waals surface area contributed by atoms with Crippen molar-refractivity contribution in [2.24, 2.45) is 5.92 Å². The van der Waals surface area contributed by atoms with Crippen LogP contribution in [0.3, 0.4) is 0 Å². The van der Waals surface area contributed by atoms with E-state index < -0.39 is 0 Å². The Morgan fingerprint density at radius 2 is 2.09 bits per heavy atom. The van der Waals surface area contributed by atoms with Gasteiger partial charge in [0.1, 0.15) is 0 Å². The van der Waals surface area contributed by atoms with Crippen LogP contribution in [0.25, 0.3) is 0 Å². The molecule has 1 heterocycles. The molecule has 0 bridgehead atoms. The molecule has 0 amide bonds. The Balaban J connectivity index is 2.83. The molecule has 1 aliphatic heterocycles. The highest BCUT2D eigenvalue weighted by Crippen LogP contribution is 2.32. The number of hydrogen-bond donors (Lipinski definition) is 0. The van der Waals surface area contributed by atoms with Gasteiger partial charge < -0.3 is 9.64 Å². The lowest BCUT2D eigenvalue weighted by atomic mass is 10.1. The van der Waals surface area contributed by atoms with Gasteiger partial charge in [0.15, 0.2) is 10.9 Å². The van der Waals surface area contributed by atoms with Crippen molar-refractivity contribution in [3.8, 4) is 0 Å². The van der Waals surface area contributed by atoms with E-state index >= 15 is 0 Å². The molecule has 0 aromatic rings. The zero-order valence-corrected chi connectivity index (χ0v) is 8.97. The summed E-state index contributed by atoms with van der Waals surface area (Å²) >= 11 is 3.40. The van der Waals surface area contributed by atoms with Gasteiger partial charge in [-0.15, -0.1) is 0 Å². The van der Waals surface area contributed by atoms with Gasteiger partial charge in [0.25, 0.3) is 0 Å². The maximum absolute atomic E-state index is 5.47. The van der Waals surface area contributed by atoms with Gasteiger partial charge in [-0.25, -0.2) is 0 Å². The van der Waals surface area contributed by atoms with Crippen LogP contribution in [0.2, 0.25) is 0 Å². The quantitative estimate of drug-likeness (QED) is 0.673. The normalized spacial score (nSPS) is 24.9. The van der Waals surface area contributed by atoms with Gasteiger partial charge in [-0.3, -0.25) is 0 Å². The Morgan fingerprint density at radius 1 is 1.55 bits per heavy atom. The molecule has 2 nitrogen and oxygen atoms in total. The Bertz CT molecular complexity index is 189. The lowest BCUT2D eigenvalue weighted by molar-refractivity contribution is 0.0809. The van der Waals surface area contributed by atoms with Crippen molar-refractivity contribution in [1.29, 1.82) is 0 Å². The highest BCUT2D eigenvalue weighted by Gasteiger charge is 2.27. The van der Waals surface area contributed by atoms with Crippen LogP contribution in [0.5, 0.6) is 0 Å². The van der Waals surface area contributed by atoms with Crippen LogP contribution < -0.4 is 0 Å². The van der Waals surface area contributed by atoms with Crippen molar-refractivity contribution < 1.29 is 4.74 Å². The van der Waals surface area contributed by atoms with Gasteiger partial charge in [0.05, 0.1) is 5.70 Å². The Morgan fingerprint density at radius 3 is 2.27 bits per heavy atom. The molecule has 1 aliphatic rings. The van der Waals surface area contributed by atoms with Gasteiger partial charge in [-0.05, 0) is 28.8 Å². The zero-order chi connectivity index (χ0) is 8.59. The SMILES string of the molecule is CC(C)C1=C(Br)OC(C)N1C. The van der Waals surface area contributed by atoms with E-state index in [1.165, 1.54) is 5.70 Å². The molecule has 0 N–H and O–H groups in total. The van der Waals surface area contributed by atoms with Crippen LogP contribution in [0, 0.1) is 5.92 Å². The molecule has 0 spiro atoms. The summed E-state index contributed by atoms with van der Waals surface area (Å²) in [7, 11) is 2.05. The monoisotopic (exact) mass is 219 g/mol. The van der Waals surface area contributed by atoms with E-state index in [0.29, 0.717) is 5.92 Å². The molecular formula is C8H14BrNO. The predicted molar refractivity (Wildman–Crippen MR) is 49.1 cm³/mol. The van der Waals surface area contributed by atoms with Crippen LogP contribution in [0.1, 0.15) is 20.8 Å². The number of hydrogen-bond acceptors (Lipinski definition) is 2. The maximum atomic E-state index is 5.47. The van der Waals surface area contributed by atoms with Crippen LogP contribution in [-0.4, -0.2) is 18.2 Å². The molecule has 0 aromatic heterocycles. The molecule has 0 aliphatic carbocycles. The number of allylic oxidation sites excluding steroid dienone is 1. The zero-order valence-electron chi connectivity index (χ0n) is 7.39. The lowest BCUT2D eigenvalue weighted by Gasteiger charge is -2.21.